The molecule has 4 aromatic rings. The molecule has 0 bridgehead atoms. The molecule has 0 radical (unpaired) electrons. The summed E-state index contributed by atoms with van der Waals surface area (Å²) in [4.78, 5) is 8.82. The minimum atomic E-state index is -0.576. The van der Waals surface area contributed by atoms with E-state index >= 15 is 0 Å². The Bertz CT molecular complexity index is 1040. The summed E-state index contributed by atoms with van der Waals surface area (Å²) in [6, 6.07) is 11.5. The molecule has 1 N–H and O–H groups in total. The van der Waals surface area contributed by atoms with Crippen LogP contribution in [0.5, 0.6) is 0 Å². The van der Waals surface area contributed by atoms with Crippen molar-refractivity contribution in [2.45, 2.75) is 13.8 Å². The van der Waals surface area contributed by atoms with Gasteiger partial charge >= 0.3 is 0 Å². The number of nitrogens with one attached hydrogen (secondary N) is 1. The fraction of sp³-hybridized carbons (Fsp3) is 0.105. The van der Waals surface area contributed by atoms with Crippen LogP contribution >= 0.6 is 11.3 Å². The summed E-state index contributed by atoms with van der Waals surface area (Å²) in [5, 5.41) is 1.92. The highest BCUT2D eigenvalue weighted by Gasteiger charge is 2.14. The molecule has 24 heavy (non-hydrogen) atoms. The number of halogens is 2. The van der Waals surface area contributed by atoms with Crippen molar-refractivity contribution >= 4 is 22.2 Å². The monoisotopic (exact) mass is 340 g/mol. The lowest BCUT2D eigenvalue weighted by Gasteiger charge is -2.01. The Balaban J connectivity index is 1.86. The van der Waals surface area contributed by atoms with Crippen molar-refractivity contribution in [1.29, 1.82) is 0 Å². The van der Waals surface area contributed by atoms with Crippen molar-refractivity contribution in [3.05, 3.63) is 64.0 Å². The Morgan fingerprint density at radius 3 is 2.42 bits per heavy atom. The third-order valence-corrected chi connectivity index (χ3v) is 4.92. The third kappa shape index (κ3) is 2.41. The Labute approximate surface area is 141 Å². The van der Waals surface area contributed by atoms with Gasteiger partial charge in [0, 0.05) is 21.3 Å². The van der Waals surface area contributed by atoms with Gasteiger partial charge in [-0.15, -0.1) is 11.3 Å². The molecule has 0 saturated heterocycles. The van der Waals surface area contributed by atoms with E-state index in [4.69, 9.17) is 0 Å². The lowest BCUT2D eigenvalue weighted by atomic mass is 10.1. The largest absolute Gasteiger partial charge is 0.354 e. The van der Waals surface area contributed by atoms with Gasteiger partial charge in [-0.05, 0) is 44.2 Å². The molecule has 4 rings (SSSR count). The Morgan fingerprint density at radius 1 is 1.00 bits per heavy atom. The first kappa shape index (κ1) is 15.0. The molecule has 0 aliphatic rings. The quantitative estimate of drug-likeness (QED) is 0.487. The highest BCUT2D eigenvalue weighted by atomic mass is 32.1. The zero-order valence-electron chi connectivity index (χ0n) is 13.2. The topological polar surface area (TPSA) is 28.7 Å². The second-order valence-corrected chi connectivity index (χ2v) is 7.13. The summed E-state index contributed by atoms with van der Waals surface area (Å²) in [5.41, 5.74) is 3.20. The van der Waals surface area contributed by atoms with Gasteiger partial charge in [0.2, 0.25) is 0 Å². The van der Waals surface area contributed by atoms with Gasteiger partial charge in [-0.2, -0.15) is 0 Å². The summed E-state index contributed by atoms with van der Waals surface area (Å²) < 4.78 is 28.0. The second-order valence-electron chi connectivity index (χ2n) is 5.72. The van der Waals surface area contributed by atoms with Crippen LogP contribution in [-0.2, 0) is 0 Å². The molecule has 120 valence electrons. The zero-order chi connectivity index (χ0) is 16.8. The molecule has 2 nitrogen and oxygen atoms in total. The molecule has 0 amide bonds. The maximum atomic E-state index is 14.0. The van der Waals surface area contributed by atoms with Crippen molar-refractivity contribution in [1.82, 2.24) is 9.97 Å². The molecule has 0 aliphatic carbocycles. The Morgan fingerprint density at radius 2 is 1.75 bits per heavy atom. The van der Waals surface area contributed by atoms with Crippen LogP contribution < -0.4 is 0 Å². The van der Waals surface area contributed by atoms with E-state index in [1.807, 2.05) is 32.0 Å². The molecule has 0 atom stereocenters. The van der Waals surface area contributed by atoms with Crippen molar-refractivity contribution in [3.8, 4) is 22.5 Å². The van der Waals surface area contributed by atoms with Gasteiger partial charge in [-0.1, -0.05) is 12.1 Å². The van der Waals surface area contributed by atoms with Crippen molar-refractivity contribution in [2.24, 2.45) is 0 Å². The predicted molar refractivity (Wildman–Crippen MR) is 94.2 cm³/mol. The highest BCUT2D eigenvalue weighted by Crippen LogP contribution is 2.32. The molecule has 0 saturated carbocycles. The first-order valence-corrected chi connectivity index (χ1v) is 8.36. The smallest absolute Gasteiger partial charge is 0.135 e. The van der Waals surface area contributed by atoms with E-state index in [2.05, 4.69) is 9.97 Å². The minimum absolute atomic E-state index is 0.0315. The van der Waals surface area contributed by atoms with Gasteiger partial charge in [-0.3, -0.25) is 0 Å². The number of fused-ring (bicyclic) bond motifs is 1. The van der Waals surface area contributed by atoms with Crippen molar-refractivity contribution in [2.75, 3.05) is 0 Å². The first-order valence-electron chi connectivity index (χ1n) is 7.54. The van der Waals surface area contributed by atoms with Crippen LogP contribution in [0, 0.1) is 25.5 Å². The summed E-state index contributed by atoms with van der Waals surface area (Å²) in [6.07, 6.45) is 0. The molecule has 2 aromatic carbocycles. The number of hydrogen-bond acceptors (Lipinski definition) is 2. The normalized spacial score (nSPS) is 11.3. The molecule has 2 aromatic heterocycles. The average Bonchev–Trinajstić information content (AvgIpc) is 3.09. The maximum Gasteiger partial charge on any atom is 0.135 e. The molecular formula is C19H14F2N2S. The lowest BCUT2D eigenvalue weighted by Crippen LogP contribution is -1.89. The summed E-state index contributed by atoms with van der Waals surface area (Å²) in [7, 11) is 0. The van der Waals surface area contributed by atoms with Crippen LogP contribution in [0.1, 0.15) is 9.88 Å². The number of aromatic nitrogens is 2. The summed E-state index contributed by atoms with van der Waals surface area (Å²) in [6.45, 7) is 4.02. The Kier molecular flexibility index (Phi) is 3.46. The van der Waals surface area contributed by atoms with Crippen LogP contribution in [0.4, 0.5) is 8.78 Å². The summed E-state index contributed by atoms with van der Waals surface area (Å²) >= 11 is 1.66. The molecule has 0 spiro atoms. The number of aromatic amines is 1. The SMILES string of the molecule is Cc1nc(-c2ccc3[nH]c(-c4c(F)cccc4F)cc3c2)c(C)s1. The van der Waals surface area contributed by atoms with Gasteiger partial charge in [-0.25, -0.2) is 13.8 Å². The predicted octanol–water partition coefficient (Wildman–Crippen LogP) is 5.85. The van der Waals surface area contributed by atoms with E-state index in [1.54, 1.807) is 17.4 Å². The third-order valence-electron chi connectivity index (χ3n) is 4.03. The number of thiazole rings is 1. The van der Waals surface area contributed by atoms with Crippen LogP contribution in [0.2, 0.25) is 0 Å². The van der Waals surface area contributed by atoms with E-state index in [0.717, 1.165) is 32.0 Å². The number of rotatable bonds is 2. The number of nitrogens with zero attached hydrogens (tertiary/aromatic N) is 1. The molecule has 0 aliphatic heterocycles. The van der Waals surface area contributed by atoms with E-state index in [-0.39, 0.29) is 5.56 Å². The molecule has 5 heteroatoms. The van der Waals surface area contributed by atoms with E-state index in [0.29, 0.717) is 5.69 Å². The second kappa shape index (κ2) is 5.53. The van der Waals surface area contributed by atoms with Crippen molar-refractivity contribution < 1.29 is 8.78 Å². The van der Waals surface area contributed by atoms with Crippen LogP contribution in [0.15, 0.2) is 42.5 Å². The van der Waals surface area contributed by atoms with Gasteiger partial charge in [0.05, 0.1) is 22.0 Å². The number of hydrogen-bond donors (Lipinski definition) is 1. The van der Waals surface area contributed by atoms with E-state index in [9.17, 15) is 8.78 Å². The number of aryl methyl sites for hydroxylation is 2. The Hall–Kier alpha value is -2.53. The molecular weight excluding hydrogens is 326 g/mol. The fourth-order valence-corrected chi connectivity index (χ4v) is 3.81. The van der Waals surface area contributed by atoms with E-state index in [1.165, 1.54) is 18.2 Å². The highest BCUT2D eigenvalue weighted by molar-refractivity contribution is 7.11. The fourth-order valence-electron chi connectivity index (χ4n) is 2.97. The molecule has 2 heterocycles. The van der Waals surface area contributed by atoms with Gasteiger partial charge in [0.25, 0.3) is 0 Å². The zero-order valence-corrected chi connectivity index (χ0v) is 14.0. The van der Waals surface area contributed by atoms with Gasteiger partial charge in [0.15, 0.2) is 0 Å². The number of benzene rings is 2. The molecule has 0 unspecified atom stereocenters. The first-order chi connectivity index (χ1) is 11.5. The van der Waals surface area contributed by atoms with Gasteiger partial charge < -0.3 is 4.98 Å². The van der Waals surface area contributed by atoms with E-state index < -0.39 is 11.6 Å². The van der Waals surface area contributed by atoms with Gasteiger partial charge in [0.1, 0.15) is 11.6 Å². The van der Waals surface area contributed by atoms with Crippen LogP contribution in [0.25, 0.3) is 33.4 Å². The average molecular weight is 340 g/mol. The summed E-state index contributed by atoms with van der Waals surface area (Å²) in [5.74, 6) is -1.15. The van der Waals surface area contributed by atoms with Crippen molar-refractivity contribution in [3.63, 3.8) is 0 Å². The minimum Gasteiger partial charge on any atom is -0.354 e. The standard InChI is InChI=1S/C19H14F2N2S/c1-10-19(22-11(2)24-10)12-6-7-16-13(8-12)9-17(23-16)18-14(20)4-3-5-15(18)21/h3-9,23H,1-2H3. The van der Waals surface area contributed by atoms with Crippen LogP contribution in [0.3, 0.4) is 0 Å². The van der Waals surface area contributed by atoms with Crippen LogP contribution in [-0.4, -0.2) is 9.97 Å². The maximum absolute atomic E-state index is 14.0. The number of H-pyrrole nitrogens is 1. The molecule has 0 fully saturated rings. The lowest BCUT2D eigenvalue weighted by molar-refractivity contribution is 0.589.